The van der Waals surface area contributed by atoms with E-state index in [0.717, 1.165) is 38.8 Å². The molecular formula is C15H21Br2NO. The Hall–Kier alpha value is -0.220. The van der Waals surface area contributed by atoms with Gasteiger partial charge in [-0.15, -0.1) is 0 Å². The summed E-state index contributed by atoms with van der Waals surface area (Å²) in [5.74, 6) is 2.58. The molecule has 0 saturated heterocycles. The van der Waals surface area contributed by atoms with Crippen molar-refractivity contribution < 1.29 is 4.74 Å². The van der Waals surface area contributed by atoms with E-state index in [1.54, 1.807) is 7.11 Å². The van der Waals surface area contributed by atoms with E-state index in [0.29, 0.717) is 0 Å². The molecule has 1 fully saturated rings. The Bertz CT molecular complexity index is 428. The molecule has 0 spiro atoms. The van der Waals surface area contributed by atoms with Crippen molar-refractivity contribution in [1.82, 2.24) is 0 Å². The van der Waals surface area contributed by atoms with E-state index in [9.17, 15) is 0 Å². The highest BCUT2D eigenvalue weighted by Crippen LogP contribution is 2.35. The second-order valence-electron chi connectivity index (χ2n) is 5.47. The van der Waals surface area contributed by atoms with Gasteiger partial charge < -0.3 is 10.1 Å². The summed E-state index contributed by atoms with van der Waals surface area (Å²) in [5, 5.41) is 3.55. The number of anilines is 1. The highest BCUT2D eigenvalue weighted by molar-refractivity contribution is 9.11. The van der Waals surface area contributed by atoms with Gasteiger partial charge in [0.2, 0.25) is 0 Å². The summed E-state index contributed by atoms with van der Waals surface area (Å²) in [6.45, 7) is 3.41. The first-order valence-electron chi connectivity index (χ1n) is 6.87. The van der Waals surface area contributed by atoms with E-state index in [1.165, 1.54) is 25.7 Å². The summed E-state index contributed by atoms with van der Waals surface area (Å²) in [5.41, 5.74) is 1.11. The molecule has 0 unspecified atom stereocenters. The van der Waals surface area contributed by atoms with Crippen molar-refractivity contribution in [3.05, 3.63) is 21.1 Å². The van der Waals surface area contributed by atoms with Crippen molar-refractivity contribution in [3.8, 4) is 5.75 Å². The maximum atomic E-state index is 5.34. The zero-order chi connectivity index (χ0) is 13.8. The number of benzene rings is 1. The first-order valence-corrected chi connectivity index (χ1v) is 8.45. The second kappa shape index (κ2) is 6.98. The van der Waals surface area contributed by atoms with Crippen LogP contribution in [0, 0.1) is 11.8 Å². The van der Waals surface area contributed by atoms with Gasteiger partial charge in [0.25, 0.3) is 0 Å². The zero-order valence-corrected chi connectivity index (χ0v) is 14.7. The maximum Gasteiger partial charge on any atom is 0.135 e. The summed E-state index contributed by atoms with van der Waals surface area (Å²) in [6.07, 6.45) is 5.44. The Kier molecular flexibility index (Phi) is 5.58. The van der Waals surface area contributed by atoms with Gasteiger partial charge >= 0.3 is 0 Å². The number of ether oxygens (including phenoxy) is 1. The smallest absolute Gasteiger partial charge is 0.135 e. The zero-order valence-electron chi connectivity index (χ0n) is 11.5. The Morgan fingerprint density at radius 3 is 2.47 bits per heavy atom. The molecule has 1 N–H and O–H groups in total. The number of nitrogens with one attached hydrogen (secondary N) is 1. The molecule has 0 aromatic heterocycles. The van der Waals surface area contributed by atoms with Gasteiger partial charge in [-0.2, -0.15) is 0 Å². The van der Waals surface area contributed by atoms with Gasteiger partial charge in [-0.25, -0.2) is 0 Å². The SMILES string of the molecule is COc1cc(NCC2CCC(C)CC2)c(Br)cc1Br. The molecule has 2 rings (SSSR count). The highest BCUT2D eigenvalue weighted by atomic mass is 79.9. The van der Waals surface area contributed by atoms with Gasteiger partial charge in [0.1, 0.15) is 5.75 Å². The van der Waals surface area contributed by atoms with E-state index < -0.39 is 0 Å². The molecule has 0 bridgehead atoms. The predicted molar refractivity (Wildman–Crippen MR) is 88.0 cm³/mol. The Morgan fingerprint density at radius 2 is 1.84 bits per heavy atom. The minimum Gasteiger partial charge on any atom is -0.495 e. The predicted octanol–water partition coefficient (Wildman–Crippen LogP) is 5.46. The molecule has 2 nitrogen and oxygen atoms in total. The van der Waals surface area contributed by atoms with Crippen molar-refractivity contribution in [3.63, 3.8) is 0 Å². The largest absolute Gasteiger partial charge is 0.495 e. The Morgan fingerprint density at radius 1 is 1.16 bits per heavy atom. The average Bonchev–Trinajstić information content (AvgIpc) is 2.40. The lowest BCUT2D eigenvalue weighted by molar-refractivity contribution is 0.300. The number of hydrogen-bond donors (Lipinski definition) is 1. The van der Waals surface area contributed by atoms with E-state index in [2.05, 4.69) is 44.1 Å². The van der Waals surface area contributed by atoms with Gasteiger partial charge in [-0.05, 0) is 62.6 Å². The normalized spacial score (nSPS) is 23.2. The number of hydrogen-bond acceptors (Lipinski definition) is 2. The lowest BCUT2D eigenvalue weighted by Crippen LogP contribution is -2.20. The molecule has 4 heteroatoms. The summed E-state index contributed by atoms with van der Waals surface area (Å²) < 4.78 is 7.38. The van der Waals surface area contributed by atoms with Crippen LogP contribution in [0.15, 0.2) is 21.1 Å². The molecule has 106 valence electrons. The van der Waals surface area contributed by atoms with Crippen LogP contribution in [0.3, 0.4) is 0 Å². The van der Waals surface area contributed by atoms with Crippen molar-refractivity contribution in [2.75, 3.05) is 19.0 Å². The molecule has 0 atom stereocenters. The minimum absolute atomic E-state index is 0.803. The van der Waals surface area contributed by atoms with Crippen LogP contribution >= 0.6 is 31.9 Å². The van der Waals surface area contributed by atoms with Crippen LogP contribution in [0.2, 0.25) is 0 Å². The average molecular weight is 391 g/mol. The molecule has 1 aromatic rings. The van der Waals surface area contributed by atoms with Crippen LogP contribution in [-0.2, 0) is 0 Å². The Balaban J connectivity index is 1.95. The van der Waals surface area contributed by atoms with Crippen LogP contribution in [0.5, 0.6) is 5.75 Å². The fourth-order valence-corrected chi connectivity index (χ4v) is 3.90. The van der Waals surface area contributed by atoms with Crippen LogP contribution < -0.4 is 10.1 Å². The fraction of sp³-hybridized carbons (Fsp3) is 0.600. The second-order valence-corrected chi connectivity index (χ2v) is 7.18. The molecular weight excluding hydrogens is 370 g/mol. The topological polar surface area (TPSA) is 21.3 Å². The van der Waals surface area contributed by atoms with Gasteiger partial charge in [-0.1, -0.05) is 19.8 Å². The summed E-state index contributed by atoms with van der Waals surface area (Å²) in [6, 6.07) is 4.07. The monoisotopic (exact) mass is 389 g/mol. The van der Waals surface area contributed by atoms with Crippen LogP contribution in [0.4, 0.5) is 5.69 Å². The van der Waals surface area contributed by atoms with Crippen LogP contribution in [0.25, 0.3) is 0 Å². The first kappa shape index (κ1) is 15.2. The van der Waals surface area contributed by atoms with Crippen molar-refractivity contribution in [2.45, 2.75) is 32.6 Å². The molecule has 1 aliphatic rings. The fourth-order valence-electron chi connectivity index (χ4n) is 2.61. The molecule has 0 amide bonds. The summed E-state index contributed by atoms with van der Waals surface area (Å²) >= 11 is 7.09. The third-order valence-corrected chi connectivity index (χ3v) is 5.23. The van der Waals surface area contributed by atoms with E-state index >= 15 is 0 Å². The number of halogens is 2. The lowest BCUT2D eigenvalue weighted by Gasteiger charge is -2.26. The number of methoxy groups -OCH3 is 1. The lowest BCUT2D eigenvalue weighted by atomic mass is 9.83. The molecule has 0 aliphatic heterocycles. The quantitative estimate of drug-likeness (QED) is 0.736. The molecule has 1 saturated carbocycles. The van der Waals surface area contributed by atoms with E-state index in [-0.39, 0.29) is 0 Å². The van der Waals surface area contributed by atoms with Gasteiger partial charge in [0.05, 0.1) is 17.3 Å². The summed E-state index contributed by atoms with van der Waals surface area (Å²) in [4.78, 5) is 0. The van der Waals surface area contributed by atoms with Gasteiger partial charge in [-0.3, -0.25) is 0 Å². The van der Waals surface area contributed by atoms with E-state index in [1.807, 2.05) is 12.1 Å². The number of rotatable bonds is 4. The van der Waals surface area contributed by atoms with E-state index in [4.69, 9.17) is 4.74 Å². The molecule has 1 aliphatic carbocycles. The molecule has 19 heavy (non-hydrogen) atoms. The minimum atomic E-state index is 0.803. The van der Waals surface area contributed by atoms with Crippen molar-refractivity contribution >= 4 is 37.5 Å². The van der Waals surface area contributed by atoms with Crippen molar-refractivity contribution in [1.29, 1.82) is 0 Å². The highest BCUT2D eigenvalue weighted by Gasteiger charge is 2.18. The molecule has 1 aromatic carbocycles. The third-order valence-electron chi connectivity index (χ3n) is 3.96. The van der Waals surface area contributed by atoms with Crippen LogP contribution in [-0.4, -0.2) is 13.7 Å². The standard InChI is InChI=1S/C15H21Br2NO/c1-10-3-5-11(6-4-10)9-18-14-8-15(19-2)13(17)7-12(14)16/h7-8,10-11,18H,3-6,9H2,1-2H3. The third kappa shape index (κ3) is 4.12. The van der Waals surface area contributed by atoms with Gasteiger partial charge in [0.15, 0.2) is 0 Å². The van der Waals surface area contributed by atoms with Crippen LogP contribution in [0.1, 0.15) is 32.6 Å². The van der Waals surface area contributed by atoms with Crippen molar-refractivity contribution in [2.24, 2.45) is 11.8 Å². The molecule has 0 heterocycles. The maximum absolute atomic E-state index is 5.34. The first-order chi connectivity index (χ1) is 9.10. The molecule has 0 radical (unpaired) electrons. The summed E-state index contributed by atoms with van der Waals surface area (Å²) in [7, 11) is 1.69. The Labute approximate surface area is 132 Å². The van der Waals surface area contributed by atoms with Gasteiger partial charge in [0, 0.05) is 17.1 Å².